The summed E-state index contributed by atoms with van der Waals surface area (Å²) in [4.78, 5) is 16.3. The van der Waals surface area contributed by atoms with Crippen LogP contribution < -0.4 is 0 Å². The molecule has 19 heavy (non-hydrogen) atoms. The van der Waals surface area contributed by atoms with Crippen LogP contribution in [-0.2, 0) is 6.54 Å². The molecule has 4 heteroatoms. The van der Waals surface area contributed by atoms with Crippen LogP contribution in [0.1, 0.15) is 17.5 Å². The monoisotopic (exact) mass is 254 g/mol. The zero-order valence-electron chi connectivity index (χ0n) is 10.6. The molecule has 0 aliphatic heterocycles. The van der Waals surface area contributed by atoms with Crippen molar-refractivity contribution in [1.82, 2.24) is 9.55 Å². The average Bonchev–Trinajstić information content (AvgIpc) is 3.05. The van der Waals surface area contributed by atoms with E-state index in [2.05, 4.69) is 4.98 Å². The van der Waals surface area contributed by atoms with E-state index in [4.69, 9.17) is 4.42 Å². The van der Waals surface area contributed by atoms with Crippen molar-refractivity contribution in [2.75, 3.05) is 0 Å². The van der Waals surface area contributed by atoms with Crippen LogP contribution in [0.25, 0.3) is 11.0 Å². The van der Waals surface area contributed by atoms with E-state index in [-0.39, 0.29) is 11.7 Å². The van der Waals surface area contributed by atoms with E-state index in [9.17, 15) is 4.79 Å². The van der Waals surface area contributed by atoms with Crippen LogP contribution in [0.5, 0.6) is 0 Å². The predicted octanol–water partition coefficient (Wildman–Crippen LogP) is 3.15. The second-order valence-electron chi connectivity index (χ2n) is 4.67. The van der Waals surface area contributed by atoms with Crippen molar-refractivity contribution in [3.05, 3.63) is 54.8 Å². The number of fused-ring (bicyclic) bond motifs is 1. The fourth-order valence-corrected chi connectivity index (χ4v) is 2.14. The first-order valence-corrected chi connectivity index (χ1v) is 6.22. The highest BCUT2D eigenvalue weighted by molar-refractivity contribution is 5.98. The highest BCUT2D eigenvalue weighted by Crippen LogP contribution is 2.21. The van der Waals surface area contributed by atoms with Crippen molar-refractivity contribution < 1.29 is 9.21 Å². The summed E-state index contributed by atoms with van der Waals surface area (Å²) in [6.45, 7) is 2.51. The van der Waals surface area contributed by atoms with Gasteiger partial charge in [-0.3, -0.25) is 4.79 Å². The Morgan fingerprint density at radius 3 is 3.00 bits per heavy atom. The highest BCUT2D eigenvalue weighted by atomic mass is 16.3. The van der Waals surface area contributed by atoms with Gasteiger partial charge in [0.05, 0.1) is 6.33 Å². The largest absolute Gasteiger partial charge is 0.453 e. The van der Waals surface area contributed by atoms with Crippen LogP contribution in [0.4, 0.5) is 0 Å². The Balaban J connectivity index is 1.82. The average molecular weight is 254 g/mol. The molecule has 96 valence electrons. The lowest BCUT2D eigenvalue weighted by Gasteiger charge is -2.08. The summed E-state index contributed by atoms with van der Waals surface area (Å²) >= 11 is 0. The molecule has 3 rings (SSSR count). The lowest BCUT2D eigenvalue weighted by atomic mass is 10.0. The number of hydrogen-bond acceptors (Lipinski definition) is 3. The Kier molecular flexibility index (Phi) is 2.91. The maximum absolute atomic E-state index is 12.3. The summed E-state index contributed by atoms with van der Waals surface area (Å²) < 4.78 is 7.49. The van der Waals surface area contributed by atoms with Gasteiger partial charge in [-0.15, -0.1) is 0 Å². The Bertz CT molecular complexity index is 665. The molecule has 2 aromatic heterocycles. The molecule has 0 aliphatic rings. The molecule has 1 aromatic carbocycles. The van der Waals surface area contributed by atoms with Crippen LogP contribution >= 0.6 is 0 Å². The highest BCUT2D eigenvalue weighted by Gasteiger charge is 2.19. The van der Waals surface area contributed by atoms with Gasteiger partial charge in [0.25, 0.3) is 0 Å². The number of hydrogen-bond donors (Lipinski definition) is 0. The molecular formula is C15H14N2O2. The van der Waals surface area contributed by atoms with Crippen LogP contribution in [0.3, 0.4) is 0 Å². The number of rotatable bonds is 4. The third kappa shape index (κ3) is 2.29. The lowest BCUT2D eigenvalue weighted by Crippen LogP contribution is -2.16. The Hall–Kier alpha value is -2.36. The third-order valence-electron chi connectivity index (χ3n) is 3.16. The summed E-state index contributed by atoms with van der Waals surface area (Å²) in [5, 5.41) is 0.959. The number of furan rings is 1. The molecule has 0 amide bonds. The second kappa shape index (κ2) is 4.72. The molecule has 3 aromatic rings. The normalized spacial score (nSPS) is 12.7. The van der Waals surface area contributed by atoms with Crippen LogP contribution in [-0.4, -0.2) is 15.3 Å². The predicted molar refractivity (Wildman–Crippen MR) is 71.9 cm³/mol. The van der Waals surface area contributed by atoms with Crippen LogP contribution in [0.2, 0.25) is 0 Å². The molecule has 0 saturated carbocycles. The number of Topliss-reactive ketones (excluding diaryl/α,β-unsaturated/α-hetero) is 1. The first-order chi connectivity index (χ1) is 9.24. The van der Waals surface area contributed by atoms with E-state index < -0.39 is 0 Å². The maximum atomic E-state index is 12.3. The zero-order valence-corrected chi connectivity index (χ0v) is 10.6. The van der Waals surface area contributed by atoms with Crippen LogP contribution in [0.15, 0.2) is 53.5 Å². The number of ketones is 1. The molecule has 1 unspecified atom stereocenters. The van der Waals surface area contributed by atoms with Crippen molar-refractivity contribution in [2.45, 2.75) is 13.5 Å². The summed E-state index contributed by atoms with van der Waals surface area (Å²) in [6.07, 6.45) is 5.27. The Morgan fingerprint density at radius 1 is 1.42 bits per heavy atom. The van der Waals surface area contributed by atoms with Crippen molar-refractivity contribution in [3.63, 3.8) is 0 Å². The van der Waals surface area contributed by atoms with E-state index in [1.807, 2.05) is 48.0 Å². The Morgan fingerprint density at radius 2 is 2.26 bits per heavy atom. The van der Waals surface area contributed by atoms with E-state index in [0.717, 1.165) is 11.0 Å². The van der Waals surface area contributed by atoms with Gasteiger partial charge >= 0.3 is 0 Å². The molecule has 0 saturated heterocycles. The summed E-state index contributed by atoms with van der Waals surface area (Å²) in [5.41, 5.74) is 0.751. The van der Waals surface area contributed by atoms with Crippen molar-refractivity contribution in [1.29, 1.82) is 0 Å². The summed E-state index contributed by atoms with van der Waals surface area (Å²) in [6, 6.07) is 9.45. The van der Waals surface area contributed by atoms with Gasteiger partial charge in [0.15, 0.2) is 5.76 Å². The number of imidazole rings is 1. The summed E-state index contributed by atoms with van der Waals surface area (Å²) in [5.74, 6) is 0.300. The topological polar surface area (TPSA) is 48.0 Å². The van der Waals surface area contributed by atoms with E-state index in [0.29, 0.717) is 12.3 Å². The molecule has 0 bridgehead atoms. The van der Waals surface area contributed by atoms with Crippen molar-refractivity contribution >= 4 is 16.8 Å². The molecule has 0 radical (unpaired) electrons. The number of carbonyl (C=O) groups is 1. The van der Waals surface area contributed by atoms with Gasteiger partial charge in [0, 0.05) is 30.2 Å². The standard InChI is InChI=1S/C15H14N2O2/c1-11(9-17-7-6-16-10-17)15(18)14-8-12-4-2-3-5-13(12)19-14/h2-8,10-11H,9H2,1H3. The van der Waals surface area contributed by atoms with Gasteiger partial charge in [0.1, 0.15) is 5.58 Å². The van der Waals surface area contributed by atoms with Gasteiger partial charge in [-0.2, -0.15) is 0 Å². The van der Waals surface area contributed by atoms with Crippen LogP contribution in [0, 0.1) is 5.92 Å². The van der Waals surface area contributed by atoms with Gasteiger partial charge in [-0.1, -0.05) is 25.1 Å². The fraction of sp³-hybridized carbons (Fsp3) is 0.200. The summed E-state index contributed by atoms with van der Waals surface area (Å²) in [7, 11) is 0. The minimum absolute atomic E-state index is 0.0184. The van der Waals surface area contributed by atoms with Gasteiger partial charge in [0.2, 0.25) is 5.78 Å². The van der Waals surface area contributed by atoms with Crippen molar-refractivity contribution in [2.24, 2.45) is 5.92 Å². The molecule has 0 aliphatic carbocycles. The molecular weight excluding hydrogens is 240 g/mol. The second-order valence-corrected chi connectivity index (χ2v) is 4.67. The fourth-order valence-electron chi connectivity index (χ4n) is 2.14. The molecule has 4 nitrogen and oxygen atoms in total. The van der Waals surface area contributed by atoms with E-state index in [1.165, 1.54) is 0 Å². The minimum atomic E-state index is -0.144. The van der Waals surface area contributed by atoms with E-state index >= 15 is 0 Å². The van der Waals surface area contributed by atoms with Gasteiger partial charge < -0.3 is 8.98 Å². The number of nitrogens with zero attached hydrogens (tertiary/aromatic N) is 2. The maximum Gasteiger partial charge on any atom is 0.202 e. The van der Waals surface area contributed by atoms with Crippen molar-refractivity contribution in [3.8, 4) is 0 Å². The number of aromatic nitrogens is 2. The number of para-hydroxylation sites is 1. The molecule has 0 fully saturated rings. The molecule has 0 N–H and O–H groups in total. The number of benzene rings is 1. The molecule has 0 spiro atoms. The van der Waals surface area contributed by atoms with Gasteiger partial charge in [-0.05, 0) is 12.1 Å². The van der Waals surface area contributed by atoms with E-state index in [1.54, 1.807) is 12.5 Å². The smallest absolute Gasteiger partial charge is 0.202 e. The quantitative estimate of drug-likeness (QED) is 0.672. The zero-order chi connectivity index (χ0) is 13.2. The third-order valence-corrected chi connectivity index (χ3v) is 3.16. The number of carbonyl (C=O) groups excluding carboxylic acids is 1. The SMILES string of the molecule is CC(Cn1ccnc1)C(=O)c1cc2ccccc2o1. The first kappa shape index (κ1) is 11.7. The lowest BCUT2D eigenvalue weighted by molar-refractivity contribution is 0.0892. The minimum Gasteiger partial charge on any atom is -0.453 e. The van der Waals surface area contributed by atoms with Gasteiger partial charge in [-0.25, -0.2) is 4.98 Å². The molecule has 2 heterocycles. The first-order valence-electron chi connectivity index (χ1n) is 6.22. The molecule has 1 atom stereocenters. The Labute approximate surface area is 110 Å².